The SMILES string of the molecule is CN1CCN(C(=O)NCc2ccc(Cl)c(Cl)c2)CC1. The van der Waals surface area contributed by atoms with E-state index in [4.69, 9.17) is 23.2 Å². The molecule has 6 heteroatoms. The molecule has 2 rings (SSSR count). The fraction of sp³-hybridized carbons (Fsp3) is 0.462. The largest absolute Gasteiger partial charge is 0.334 e. The molecule has 0 unspecified atom stereocenters. The minimum Gasteiger partial charge on any atom is -0.334 e. The third-order valence-electron chi connectivity index (χ3n) is 3.22. The molecule has 0 atom stereocenters. The lowest BCUT2D eigenvalue weighted by Gasteiger charge is -2.32. The predicted octanol–water partition coefficient (Wildman–Crippen LogP) is 2.45. The number of hydrogen-bond donors (Lipinski definition) is 1. The highest BCUT2D eigenvalue weighted by atomic mass is 35.5. The average molecular weight is 302 g/mol. The van der Waals surface area contributed by atoms with Gasteiger partial charge in [-0.25, -0.2) is 4.79 Å². The Morgan fingerprint density at radius 2 is 1.89 bits per heavy atom. The lowest BCUT2D eigenvalue weighted by atomic mass is 10.2. The minimum absolute atomic E-state index is 0.0285. The Labute approximate surface area is 123 Å². The van der Waals surface area contributed by atoms with Crippen LogP contribution in [0.15, 0.2) is 18.2 Å². The predicted molar refractivity (Wildman–Crippen MR) is 77.8 cm³/mol. The van der Waals surface area contributed by atoms with Crippen molar-refractivity contribution in [2.75, 3.05) is 33.2 Å². The number of nitrogens with zero attached hydrogens (tertiary/aromatic N) is 2. The number of nitrogens with one attached hydrogen (secondary N) is 1. The van der Waals surface area contributed by atoms with Crippen LogP contribution in [0.2, 0.25) is 10.0 Å². The zero-order valence-corrected chi connectivity index (χ0v) is 12.3. The molecule has 1 saturated heterocycles. The molecular formula is C13H17Cl2N3O. The van der Waals surface area contributed by atoms with E-state index in [1.807, 2.05) is 11.0 Å². The molecule has 0 saturated carbocycles. The number of urea groups is 1. The quantitative estimate of drug-likeness (QED) is 0.911. The number of carbonyl (C=O) groups is 1. The van der Waals surface area contributed by atoms with Gasteiger partial charge in [-0.2, -0.15) is 0 Å². The molecule has 4 nitrogen and oxygen atoms in total. The molecule has 19 heavy (non-hydrogen) atoms. The van der Waals surface area contributed by atoms with Crippen molar-refractivity contribution < 1.29 is 4.79 Å². The van der Waals surface area contributed by atoms with E-state index in [0.717, 1.165) is 31.7 Å². The molecule has 104 valence electrons. The number of carbonyl (C=O) groups excluding carboxylic acids is 1. The minimum atomic E-state index is -0.0285. The topological polar surface area (TPSA) is 35.6 Å². The van der Waals surface area contributed by atoms with Gasteiger partial charge in [-0.05, 0) is 24.7 Å². The van der Waals surface area contributed by atoms with E-state index >= 15 is 0 Å². The second kappa shape index (κ2) is 6.46. The monoisotopic (exact) mass is 301 g/mol. The number of rotatable bonds is 2. The lowest BCUT2D eigenvalue weighted by Crippen LogP contribution is -2.50. The van der Waals surface area contributed by atoms with Crippen LogP contribution in [-0.2, 0) is 6.54 Å². The highest BCUT2D eigenvalue weighted by molar-refractivity contribution is 6.42. The van der Waals surface area contributed by atoms with E-state index in [9.17, 15) is 4.79 Å². The summed E-state index contributed by atoms with van der Waals surface area (Å²) in [7, 11) is 2.06. The van der Waals surface area contributed by atoms with Crippen molar-refractivity contribution in [3.8, 4) is 0 Å². The van der Waals surface area contributed by atoms with Gasteiger partial charge in [-0.1, -0.05) is 29.3 Å². The first-order valence-corrected chi connectivity index (χ1v) is 6.97. The van der Waals surface area contributed by atoms with Crippen LogP contribution in [0.4, 0.5) is 4.79 Å². The first-order chi connectivity index (χ1) is 9.06. The second-order valence-electron chi connectivity index (χ2n) is 4.70. The zero-order valence-electron chi connectivity index (χ0n) is 10.8. The number of amides is 2. The van der Waals surface area contributed by atoms with E-state index in [-0.39, 0.29) is 6.03 Å². The molecule has 1 aliphatic rings. The summed E-state index contributed by atoms with van der Waals surface area (Å²) in [6, 6.07) is 5.34. The van der Waals surface area contributed by atoms with E-state index in [1.165, 1.54) is 0 Å². The number of benzene rings is 1. The average Bonchev–Trinajstić information content (AvgIpc) is 2.40. The summed E-state index contributed by atoms with van der Waals surface area (Å²) in [6.07, 6.45) is 0. The number of piperazine rings is 1. The van der Waals surface area contributed by atoms with Gasteiger partial charge in [0.05, 0.1) is 10.0 Å². The lowest BCUT2D eigenvalue weighted by molar-refractivity contribution is 0.154. The molecule has 0 bridgehead atoms. The molecule has 0 radical (unpaired) electrons. The number of hydrogen-bond acceptors (Lipinski definition) is 2. The smallest absolute Gasteiger partial charge is 0.317 e. The van der Waals surface area contributed by atoms with Crippen molar-refractivity contribution in [1.82, 2.24) is 15.1 Å². The van der Waals surface area contributed by atoms with E-state index in [1.54, 1.807) is 12.1 Å². The molecular weight excluding hydrogens is 285 g/mol. The number of halogens is 2. The van der Waals surface area contributed by atoms with Crippen LogP contribution in [-0.4, -0.2) is 49.1 Å². The summed E-state index contributed by atoms with van der Waals surface area (Å²) >= 11 is 11.8. The molecule has 1 N–H and O–H groups in total. The van der Waals surface area contributed by atoms with Gasteiger partial charge < -0.3 is 15.1 Å². The van der Waals surface area contributed by atoms with Gasteiger partial charge in [0, 0.05) is 32.7 Å². The third-order valence-corrected chi connectivity index (χ3v) is 3.96. The molecule has 1 aromatic rings. The third kappa shape index (κ3) is 4.00. The molecule has 1 fully saturated rings. The Hall–Kier alpha value is -0.970. The maximum absolute atomic E-state index is 12.0. The Bertz CT molecular complexity index is 459. The highest BCUT2D eigenvalue weighted by Crippen LogP contribution is 2.22. The van der Waals surface area contributed by atoms with Crippen molar-refractivity contribution in [2.45, 2.75) is 6.54 Å². The molecule has 0 aliphatic carbocycles. The van der Waals surface area contributed by atoms with Crippen LogP contribution in [0.5, 0.6) is 0 Å². The van der Waals surface area contributed by atoms with Crippen LogP contribution >= 0.6 is 23.2 Å². The molecule has 1 aromatic carbocycles. The van der Waals surface area contributed by atoms with Crippen molar-refractivity contribution in [2.24, 2.45) is 0 Å². The fourth-order valence-electron chi connectivity index (χ4n) is 1.95. The Morgan fingerprint density at radius 1 is 1.21 bits per heavy atom. The van der Waals surface area contributed by atoms with Crippen molar-refractivity contribution in [3.63, 3.8) is 0 Å². The first-order valence-electron chi connectivity index (χ1n) is 6.21. The van der Waals surface area contributed by atoms with Gasteiger partial charge in [-0.3, -0.25) is 0 Å². The van der Waals surface area contributed by atoms with Gasteiger partial charge in [-0.15, -0.1) is 0 Å². The van der Waals surface area contributed by atoms with Crippen LogP contribution < -0.4 is 5.32 Å². The van der Waals surface area contributed by atoms with Crippen LogP contribution in [0.1, 0.15) is 5.56 Å². The van der Waals surface area contributed by atoms with Gasteiger partial charge >= 0.3 is 6.03 Å². The summed E-state index contributed by atoms with van der Waals surface area (Å²) in [6.45, 7) is 3.83. The van der Waals surface area contributed by atoms with Crippen LogP contribution in [0, 0.1) is 0 Å². The standard InChI is InChI=1S/C13H17Cl2N3O/c1-17-4-6-18(7-5-17)13(19)16-9-10-2-3-11(14)12(15)8-10/h2-3,8H,4-7,9H2,1H3,(H,16,19). The Kier molecular flexibility index (Phi) is 4.91. The van der Waals surface area contributed by atoms with E-state index in [0.29, 0.717) is 16.6 Å². The van der Waals surface area contributed by atoms with Gasteiger partial charge in [0.25, 0.3) is 0 Å². The normalized spacial score (nSPS) is 16.5. The Morgan fingerprint density at radius 3 is 2.53 bits per heavy atom. The Balaban J connectivity index is 1.84. The van der Waals surface area contributed by atoms with Gasteiger partial charge in [0.1, 0.15) is 0 Å². The molecule has 1 aliphatic heterocycles. The zero-order chi connectivity index (χ0) is 13.8. The summed E-state index contributed by atoms with van der Waals surface area (Å²) in [5.74, 6) is 0. The summed E-state index contributed by atoms with van der Waals surface area (Å²) in [5, 5.41) is 3.93. The van der Waals surface area contributed by atoms with Crippen molar-refractivity contribution >= 4 is 29.2 Å². The summed E-state index contributed by atoms with van der Waals surface area (Å²) in [4.78, 5) is 16.0. The van der Waals surface area contributed by atoms with Crippen molar-refractivity contribution in [1.29, 1.82) is 0 Å². The molecule has 2 amide bonds. The highest BCUT2D eigenvalue weighted by Gasteiger charge is 2.18. The number of likely N-dealkylation sites (N-methyl/N-ethyl adjacent to an activating group) is 1. The summed E-state index contributed by atoms with van der Waals surface area (Å²) in [5.41, 5.74) is 0.942. The van der Waals surface area contributed by atoms with Gasteiger partial charge in [0.2, 0.25) is 0 Å². The van der Waals surface area contributed by atoms with Crippen LogP contribution in [0.25, 0.3) is 0 Å². The van der Waals surface area contributed by atoms with Gasteiger partial charge in [0.15, 0.2) is 0 Å². The summed E-state index contributed by atoms with van der Waals surface area (Å²) < 4.78 is 0. The second-order valence-corrected chi connectivity index (χ2v) is 5.51. The maximum atomic E-state index is 12.0. The molecule has 0 spiro atoms. The van der Waals surface area contributed by atoms with E-state index < -0.39 is 0 Å². The molecule has 1 heterocycles. The van der Waals surface area contributed by atoms with Crippen LogP contribution in [0.3, 0.4) is 0 Å². The maximum Gasteiger partial charge on any atom is 0.317 e. The molecule has 0 aromatic heterocycles. The first kappa shape index (κ1) is 14.4. The fourth-order valence-corrected chi connectivity index (χ4v) is 2.27. The van der Waals surface area contributed by atoms with Crippen molar-refractivity contribution in [3.05, 3.63) is 33.8 Å². The van der Waals surface area contributed by atoms with E-state index in [2.05, 4.69) is 17.3 Å².